The first-order valence-corrected chi connectivity index (χ1v) is 10.4. The lowest BCUT2D eigenvalue weighted by Gasteiger charge is -2.40. The van der Waals surface area contributed by atoms with Crippen molar-refractivity contribution in [2.24, 2.45) is 5.41 Å². The molecule has 2 saturated heterocycles. The predicted octanol–water partition coefficient (Wildman–Crippen LogP) is 3.57. The molecule has 0 aromatic heterocycles. The second-order valence-corrected chi connectivity index (χ2v) is 8.21. The first kappa shape index (κ1) is 19.5. The van der Waals surface area contributed by atoms with E-state index in [2.05, 4.69) is 11.0 Å². The van der Waals surface area contributed by atoms with Crippen LogP contribution in [0.15, 0.2) is 54.6 Å². The van der Waals surface area contributed by atoms with Crippen molar-refractivity contribution in [1.29, 1.82) is 5.26 Å². The molecular weight excluding hydrogens is 362 g/mol. The van der Waals surface area contributed by atoms with Gasteiger partial charge in [-0.25, -0.2) is 0 Å². The molecule has 2 heterocycles. The second kappa shape index (κ2) is 8.67. The number of likely N-dealkylation sites (tertiary alicyclic amines) is 2. The Hall–Kier alpha value is -2.84. The summed E-state index contributed by atoms with van der Waals surface area (Å²) in [7, 11) is 0. The minimum Gasteiger partial charge on any atom is -0.492 e. The predicted molar refractivity (Wildman–Crippen MR) is 112 cm³/mol. The first-order chi connectivity index (χ1) is 14.2. The number of carbonyl (C=O) groups is 1. The molecule has 0 aliphatic carbocycles. The van der Waals surface area contributed by atoms with E-state index in [0.29, 0.717) is 17.7 Å². The highest BCUT2D eigenvalue weighted by Gasteiger charge is 2.42. The molecule has 1 atom stereocenters. The molecule has 0 bridgehead atoms. The van der Waals surface area contributed by atoms with E-state index < -0.39 is 0 Å². The Morgan fingerprint density at radius 1 is 1.07 bits per heavy atom. The normalized spacial score (nSPS) is 21.8. The van der Waals surface area contributed by atoms with Gasteiger partial charge in [0.15, 0.2) is 0 Å². The number of nitriles is 1. The summed E-state index contributed by atoms with van der Waals surface area (Å²) in [6.07, 6.45) is 3.38. The number of nitrogens with zero attached hydrogens (tertiary/aromatic N) is 3. The highest BCUT2D eigenvalue weighted by Crippen LogP contribution is 2.39. The molecule has 2 aliphatic rings. The summed E-state index contributed by atoms with van der Waals surface area (Å²) in [4.78, 5) is 17.4. The molecule has 150 valence electrons. The molecule has 1 amide bonds. The minimum absolute atomic E-state index is 0.0449. The number of carbonyl (C=O) groups excluding carboxylic acids is 1. The van der Waals surface area contributed by atoms with E-state index in [1.165, 1.54) is 6.42 Å². The molecule has 4 rings (SSSR count). The van der Waals surface area contributed by atoms with Gasteiger partial charge in [-0.05, 0) is 56.1 Å². The van der Waals surface area contributed by atoms with Crippen LogP contribution >= 0.6 is 0 Å². The lowest BCUT2D eigenvalue weighted by atomic mass is 9.79. The molecule has 2 fully saturated rings. The number of rotatable bonds is 5. The molecule has 5 nitrogen and oxygen atoms in total. The zero-order valence-electron chi connectivity index (χ0n) is 16.7. The molecule has 2 aromatic rings. The summed E-state index contributed by atoms with van der Waals surface area (Å²) in [5, 5.41) is 9.09. The minimum atomic E-state index is 0.0449. The van der Waals surface area contributed by atoms with Gasteiger partial charge in [0.1, 0.15) is 12.4 Å². The van der Waals surface area contributed by atoms with Gasteiger partial charge in [-0.1, -0.05) is 24.3 Å². The molecule has 1 unspecified atom stereocenters. The number of hydrogen-bond acceptors (Lipinski definition) is 4. The summed E-state index contributed by atoms with van der Waals surface area (Å²) >= 11 is 0. The Balaban J connectivity index is 1.33. The van der Waals surface area contributed by atoms with Crippen LogP contribution in [0.4, 0.5) is 0 Å². The van der Waals surface area contributed by atoms with Gasteiger partial charge in [-0.2, -0.15) is 5.26 Å². The smallest absolute Gasteiger partial charge is 0.253 e. The molecule has 0 N–H and O–H groups in total. The summed E-state index contributed by atoms with van der Waals surface area (Å²) < 4.78 is 5.87. The van der Waals surface area contributed by atoms with Crippen molar-refractivity contribution in [3.8, 4) is 11.8 Å². The van der Waals surface area contributed by atoms with E-state index in [0.717, 1.165) is 51.3 Å². The Morgan fingerprint density at radius 3 is 2.76 bits per heavy atom. The van der Waals surface area contributed by atoms with Crippen molar-refractivity contribution in [2.45, 2.75) is 19.3 Å². The zero-order chi connectivity index (χ0) is 20.1. The van der Waals surface area contributed by atoms with Gasteiger partial charge in [-0.3, -0.25) is 9.69 Å². The van der Waals surface area contributed by atoms with E-state index in [4.69, 9.17) is 10.00 Å². The Kier molecular flexibility index (Phi) is 5.82. The third kappa shape index (κ3) is 4.60. The average Bonchev–Trinajstić information content (AvgIpc) is 3.17. The fourth-order valence-corrected chi connectivity index (χ4v) is 4.66. The molecule has 0 radical (unpaired) electrons. The van der Waals surface area contributed by atoms with Crippen LogP contribution in [0.1, 0.15) is 35.2 Å². The number of para-hydroxylation sites is 1. The summed E-state index contributed by atoms with van der Waals surface area (Å²) in [6.45, 7) is 5.31. The van der Waals surface area contributed by atoms with Crippen LogP contribution in [-0.2, 0) is 0 Å². The average molecular weight is 389 g/mol. The van der Waals surface area contributed by atoms with Crippen LogP contribution in [0.5, 0.6) is 5.75 Å². The number of benzene rings is 2. The molecule has 2 aliphatic heterocycles. The molecule has 1 spiro atoms. The Morgan fingerprint density at radius 2 is 1.93 bits per heavy atom. The van der Waals surface area contributed by atoms with Crippen LogP contribution in [0.25, 0.3) is 0 Å². The molecule has 29 heavy (non-hydrogen) atoms. The van der Waals surface area contributed by atoms with Crippen LogP contribution in [0.2, 0.25) is 0 Å². The monoisotopic (exact) mass is 389 g/mol. The van der Waals surface area contributed by atoms with Crippen molar-refractivity contribution >= 4 is 5.91 Å². The highest BCUT2D eigenvalue weighted by atomic mass is 16.5. The summed E-state index contributed by atoms with van der Waals surface area (Å²) in [5.74, 6) is 0.958. The van der Waals surface area contributed by atoms with E-state index in [9.17, 15) is 4.79 Å². The number of piperidine rings is 1. The number of hydrogen-bond donors (Lipinski definition) is 0. The van der Waals surface area contributed by atoms with Gasteiger partial charge >= 0.3 is 0 Å². The largest absolute Gasteiger partial charge is 0.492 e. The van der Waals surface area contributed by atoms with E-state index in [1.807, 2.05) is 41.3 Å². The second-order valence-electron chi connectivity index (χ2n) is 8.21. The van der Waals surface area contributed by atoms with Crippen LogP contribution in [0, 0.1) is 16.7 Å². The van der Waals surface area contributed by atoms with E-state index in [1.54, 1.807) is 18.2 Å². The van der Waals surface area contributed by atoms with Gasteiger partial charge in [0, 0.05) is 37.2 Å². The number of amides is 1. The Bertz CT molecular complexity index is 892. The van der Waals surface area contributed by atoms with Crippen molar-refractivity contribution in [1.82, 2.24) is 9.80 Å². The SMILES string of the molecule is N#Cc1cccc(C(=O)N2CCC3(CCCN(CCOc4ccccc4)C3)C2)c1. The lowest BCUT2D eigenvalue weighted by molar-refractivity contribution is 0.0658. The maximum Gasteiger partial charge on any atom is 0.253 e. The molecule has 2 aromatic carbocycles. The summed E-state index contributed by atoms with van der Waals surface area (Å²) in [5.41, 5.74) is 1.34. The number of ether oxygens (including phenoxy) is 1. The van der Waals surface area contributed by atoms with Gasteiger partial charge < -0.3 is 9.64 Å². The molecular formula is C24H27N3O2. The van der Waals surface area contributed by atoms with E-state index in [-0.39, 0.29) is 11.3 Å². The first-order valence-electron chi connectivity index (χ1n) is 10.4. The van der Waals surface area contributed by atoms with E-state index >= 15 is 0 Å². The third-order valence-electron chi connectivity index (χ3n) is 6.12. The maximum atomic E-state index is 12.9. The van der Waals surface area contributed by atoms with Crippen molar-refractivity contribution in [2.75, 3.05) is 39.3 Å². The van der Waals surface area contributed by atoms with Crippen molar-refractivity contribution in [3.05, 3.63) is 65.7 Å². The van der Waals surface area contributed by atoms with Gasteiger partial charge in [0.05, 0.1) is 11.6 Å². The maximum absolute atomic E-state index is 12.9. The third-order valence-corrected chi connectivity index (χ3v) is 6.12. The van der Waals surface area contributed by atoms with Gasteiger partial charge in [0.25, 0.3) is 5.91 Å². The molecule has 0 saturated carbocycles. The van der Waals surface area contributed by atoms with Gasteiger partial charge in [-0.15, -0.1) is 0 Å². The summed E-state index contributed by atoms with van der Waals surface area (Å²) in [6, 6.07) is 19.1. The lowest BCUT2D eigenvalue weighted by Crippen LogP contribution is -2.46. The standard InChI is InChI=1S/C24H27N3O2/c25-17-20-6-4-7-21(16-20)23(28)27-13-11-24(19-27)10-5-12-26(18-24)14-15-29-22-8-2-1-3-9-22/h1-4,6-9,16H,5,10-15,18-19H2. The Labute approximate surface area is 172 Å². The van der Waals surface area contributed by atoms with Crippen LogP contribution in [-0.4, -0.2) is 55.0 Å². The van der Waals surface area contributed by atoms with Crippen LogP contribution < -0.4 is 4.74 Å². The van der Waals surface area contributed by atoms with Crippen molar-refractivity contribution < 1.29 is 9.53 Å². The topological polar surface area (TPSA) is 56.6 Å². The fraction of sp³-hybridized carbons (Fsp3) is 0.417. The fourth-order valence-electron chi connectivity index (χ4n) is 4.66. The van der Waals surface area contributed by atoms with Crippen molar-refractivity contribution in [3.63, 3.8) is 0 Å². The highest BCUT2D eigenvalue weighted by molar-refractivity contribution is 5.94. The zero-order valence-corrected chi connectivity index (χ0v) is 16.7. The van der Waals surface area contributed by atoms with Crippen LogP contribution in [0.3, 0.4) is 0 Å². The quantitative estimate of drug-likeness (QED) is 0.785. The molecule has 5 heteroatoms. The van der Waals surface area contributed by atoms with Gasteiger partial charge in [0.2, 0.25) is 0 Å².